The fraction of sp³-hybridized carbons (Fsp3) is 0.353. The molecule has 0 radical (unpaired) electrons. The Bertz CT molecular complexity index is 707. The van der Waals surface area contributed by atoms with Crippen molar-refractivity contribution in [3.8, 4) is 0 Å². The van der Waals surface area contributed by atoms with Crippen molar-refractivity contribution < 1.29 is 14.3 Å². The third-order valence-electron chi connectivity index (χ3n) is 3.37. The molecule has 0 unspecified atom stereocenters. The van der Waals surface area contributed by atoms with Gasteiger partial charge in [0.1, 0.15) is 5.69 Å². The average molecular weight is 315 g/mol. The van der Waals surface area contributed by atoms with Crippen molar-refractivity contribution in [2.75, 3.05) is 11.9 Å². The van der Waals surface area contributed by atoms with Crippen LogP contribution in [-0.4, -0.2) is 34.8 Å². The van der Waals surface area contributed by atoms with Crippen molar-refractivity contribution in [2.45, 2.75) is 33.4 Å². The molecule has 6 heteroatoms. The summed E-state index contributed by atoms with van der Waals surface area (Å²) < 4.78 is 6.87. The highest BCUT2D eigenvalue weighted by Gasteiger charge is 2.22. The summed E-state index contributed by atoms with van der Waals surface area (Å²) in [5.74, 6) is -0.673. The normalized spacial score (nSPS) is 10.7. The Morgan fingerprint density at radius 3 is 2.61 bits per heavy atom. The van der Waals surface area contributed by atoms with E-state index in [2.05, 4.69) is 5.10 Å². The second kappa shape index (κ2) is 7.09. The summed E-state index contributed by atoms with van der Waals surface area (Å²) in [7, 11) is 1.64. The second-order valence-electron chi connectivity index (χ2n) is 5.37. The summed E-state index contributed by atoms with van der Waals surface area (Å²) >= 11 is 0. The largest absolute Gasteiger partial charge is 0.459 e. The van der Waals surface area contributed by atoms with Crippen molar-refractivity contribution in [3.63, 3.8) is 0 Å². The van der Waals surface area contributed by atoms with Gasteiger partial charge in [-0.25, -0.2) is 4.79 Å². The lowest BCUT2D eigenvalue weighted by atomic mass is 10.1. The minimum atomic E-state index is -0.445. The number of aromatic nitrogens is 2. The summed E-state index contributed by atoms with van der Waals surface area (Å²) in [6.07, 6.45) is 1.36. The van der Waals surface area contributed by atoms with E-state index in [0.717, 1.165) is 0 Å². The Morgan fingerprint density at radius 2 is 1.96 bits per heavy atom. The van der Waals surface area contributed by atoms with Gasteiger partial charge in [-0.2, -0.15) is 5.10 Å². The van der Waals surface area contributed by atoms with Crippen LogP contribution in [-0.2, 0) is 11.3 Å². The summed E-state index contributed by atoms with van der Waals surface area (Å²) in [5, 5.41) is 4.11. The smallest absolute Gasteiger partial charge is 0.340 e. The number of esters is 1. The predicted molar refractivity (Wildman–Crippen MR) is 87.6 cm³/mol. The molecule has 0 N–H and O–H groups in total. The van der Waals surface area contributed by atoms with Gasteiger partial charge in [-0.3, -0.25) is 9.48 Å². The quantitative estimate of drug-likeness (QED) is 0.796. The highest BCUT2D eigenvalue weighted by molar-refractivity contribution is 6.08. The molecule has 1 heterocycles. The number of rotatable bonds is 5. The number of para-hydroxylation sites is 1. The minimum absolute atomic E-state index is 0.224. The SMILES string of the molecule is CCn1nccc1C(=O)N(C)c1ccccc1C(=O)OC(C)C. The second-order valence-corrected chi connectivity index (χ2v) is 5.37. The molecule has 0 bridgehead atoms. The lowest BCUT2D eigenvalue weighted by molar-refractivity contribution is 0.0379. The monoisotopic (exact) mass is 315 g/mol. The molecule has 0 fully saturated rings. The molecule has 1 amide bonds. The van der Waals surface area contributed by atoms with E-state index in [4.69, 9.17) is 4.74 Å². The number of hydrogen-bond donors (Lipinski definition) is 0. The van der Waals surface area contributed by atoms with E-state index in [1.165, 1.54) is 4.90 Å². The zero-order valence-corrected chi connectivity index (χ0v) is 13.8. The third kappa shape index (κ3) is 3.59. The fourth-order valence-electron chi connectivity index (χ4n) is 2.26. The van der Waals surface area contributed by atoms with Gasteiger partial charge in [0.15, 0.2) is 0 Å². The number of carbonyl (C=O) groups is 2. The van der Waals surface area contributed by atoms with Crippen molar-refractivity contribution in [2.24, 2.45) is 0 Å². The number of amides is 1. The first-order chi connectivity index (χ1) is 11.0. The van der Waals surface area contributed by atoms with Gasteiger partial charge in [-0.1, -0.05) is 12.1 Å². The van der Waals surface area contributed by atoms with Gasteiger partial charge in [0.2, 0.25) is 0 Å². The molecule has 2 aromatic rings. The van der Waals surface area contributed by atoms with Crippen LogP contribution in [0, 0.1) is 0 Å². The van der Waals surface area contributed by atoms with Crippen LogP contribution in [0.15, 0.2) is 36.5 Å². The van der Waals surface area contributed by atoms with Crippen LogP contribution < -0.4 is 4.90 Å². The maximum Gasteiger partial charge on any atom is 0.340 e. The molecular weight excluding hydrogens is 294 g/mol. The van der Waals surface area contributed by atoms with Gasteiger partial charge in [0, 0.05) is 19.8 Å². The van der Waals surface area contributed by atoms with Gasteiger partial charge in [-0.15, -0.1) is 0 Å². The minimum Gasteiger partial charge on any atom is -0.459 e. The van der Waals surface area contributed by atoms with E-state index in [1.54, 1.807) is 62.1 Å². The van der Waals surface area contributed by atoms with Crippen LogP contribution >= 0.6 is 0 Å². The van der Waals surface area contributed by atoms with Crippen LogP contribution in [0.2, 0.25) is 0 Å². The van der Waals surface area contributed by atoms with E-state index in [-0.39, 0.29) is 12.0 Å². The topological polar surface area (TPSA) is 64.4 Å². The Labute approximate surface area is 135 Å². The Hall–Kier alpha value is -2.63. The zero-order chi connectivity index (χ0) is 17.0. The van der Waals surface area contributed by atoms with Crippen LogP contribution in [0.4, 0.5) is 5.69 Å². The van der Waals surface area contributed by atoms with Crippen molar-refractivity contribution in [1.82, 2.24) is 9.78 Å². The number of aryl methyl sites for hydroxylation is 1. The van der Waals surface area contributed by atoms with Crippen LogP contribution in [0.3, 0.4) is 0 Å². The molecule has 23 heavy (non-hydrogen) atoms. The van der Waals surface area contributed by atoms with Crippen LogP contribution in [0.5, 0.6) is 0 Å². The lowest BCUT2D eigenvalue weighted by Crippen LogP contribution is -2.30. The highest BCUT2D eigenvalue weighted by Crippen LogP contribution is 2.22. The molecule has 0 spiro atoms. The molecule has 0 aliphatic heterocycles. The molecule has 0 saturated heterocycles. The number of ether oxygens (including phenoxy) is 1. The first-order valence-electron chi connectivity index (χ1n) is 7.55. The molecule has 122 valence electrons. The third-order valence-corrected chi connectivity index (χ3v) is 3.37. The fourth-order valence-corrected chi connectivity index (χ4v) is 2.26. The summed E-state index contributed by atoms with van der Waals surface area (Å²) in [5.41, 5.74) is 1.34. The van der Waals surface area contributed by atoms with Crippen LogP contribution in [0.1, 0.15) is 41.6 Å². The van der Waals surface area contributed by atoms with Crippen molar-refractivity contribution in [1.29, 1.82) is 0 Å². The molecular formula is C17H21N3O3. The zero-order valence-electron chi connectivity index (χ0n) is 13.8. The van der Waals surface area contributed by atoms with Gasteiger partial charge in [0.25, 0.3) is 5.91 Å². The Morgan fingerprint density at radius 1 is 1.26 bits per heavy atom. The Balaban J connectivity index is 2.34. The molecule has 0 atom stereocenters. The molecule has 1 aromatic heterocycles. The van der Waals surface area contributed by atoms with E-state index in [9.17, 15) is 9.59 Å². The number of nitrogens with zero attached hydrogens (tertiary/aromatic N) is 3. The van der Waals surface area contributed by atoms with E-state index < -0.39 is 5.97 Å². The van der Waals surface area contributed by atoms with Gasteiger partial charge < -0.3 is 9.64 Å². The van der Waals surface area contributed by atoms with Gasteiger partial charge in [0.05, 0.1) is 17.4 Å². The number of anilines is 1. The highest BCUT2D eigenvalue weighted by atomic mass is 16.5. The lowest BCUT2D eigenvalue weighted by Gasteiger charge is -2.21. The molecule has 1 aromatic carbocycles. The van der Waals surface area contributed by atoms with E-state index in [1.807, 2.05) is 6.92 Å². The van der Waals surface area contributed by atoms with Crippen molar-refractivity contribution in [3.05, 3.63) is 47.8 Å². The number of carbonyl (C=O) groups excluding carboxylic acids is 2. The average Bonchev–Trinajstić information content (AvgIpc) is 3.01. The van der Waals surface area contributed by atoms with E-state index in [0.29, 0.717) is 23.5 Å². The molecule has 2 rings (SSSR count). The molecule has 0 aliphatic carbocycles. The number of benzene rings is 1. The maximum atomic E-state index is 12.7. The molecule has 0 aliphatic rings. The standard InChI is InChI=1S/C17H21N3O3/c1-5-20-15(10-11-18-20)16(21)19(4)14-9-7-6-8-13(14)17(22)23-12(2)3/h6-12H,5H2,1-4H3. The van der Waals surface area contributed by atoms with Crippen LogP contribution in [0.25, 0.3) is 0 Å². The summed E-state index contributed by atoms with van der Waals surface area (Å²) in [6.45, 7) is 6.08. The number of hydrogen-bond acceptors (Lipinski definition) is 4. The summed E-state index contributed by atoms with van der Waals surface area (Å²) in [4.78, 5) is 26.4. The first-order valence-corrected chi connectivity index (χ1v) is 7.55. The molecule has 0 saturated carbocycles. The maximum absolute atomic E-state index is 12.7. The van der Waals surface area contributed by atoms with E-state index >= 15 is 0 Å². The van der Waals surface area contributed by atoms with Crippen molar-refractivity contribution >= 4 is 17.6 Å². The van der Waals surface area contributed by atoms with Gasteiger partial charge >= 0.3 is 5.97 Å². The predicted octanol–water partition coefficient (Wildman–Crippen LogP) is 2.74. The summed E-state index contributed by atoms with van der Waals surface area (Å²) in [6, 6.07) is 8.57. The van der Waals surface area contributed by atoms with Gasteiger partial charge in [-0.05, 0) is 39.0 Å². The molecule has 6 nitrogen and oxygen atoms in total. The Kier molecular flexibility index (Phi) is 5.16. The first kappa shape index (κ1) is 16.7.